The average molecular weight is 458 g/mol. The fourth-order valence-electron chi connectivity index (χ4n) is 3.56. The van der Waals surface area contributed by atoms with Gasteiger partial charge in [-0.15, -0.1) is 0 Å². The van der Waals surface area contributed by atoms with Crippen LogP contribution in [0, 0.1) is 0 Å². The predicted octanol–water partition coefficient (Wildman–Crippen LogP) is 4.54. The van der Waals surface area contributed by atoms with Gasteiger partial charge in [0, 0.05) is 36.9 Å². The summed E-state index contributed by atoms with van der Waals surface area (Å²) < 4.78 is 11.0. The lowest BCUT2D eigenvalue weighted by atomic mass is 10.2. The van der Waals surface area contributed by atoms with Crippen molar-refractivity contribution < 1.29 is 14.3 Å². The van der Waals surface area contributed by atoms with Gasteiger partial charge in [0.1, 0.15) is 0 Å². The first-order valence-corrected chi connectivity index (χ1v) is 11.4. The third kappa shape index (κ3) is 4.99. The molecule has 1 fully saturated rings. The molecule has 0 radical (unpaired) electrons. The number of piperazine rings is 1. The predicted molar refractivity (Wildman–Crippen MR) is 127 cm³/mol. The van der Waals surface area contributed by atoms with Crippen LogP contribution in [0.2, 0.25) is 5.02 Å². The molecular formula is C23H24ClN3O3S. The summed E-state index contributed by atoms with van der Waals surface area (Å²) in [5.41, 5.74) is 1.99. The number of aliphatic imine (C=N–C) groups is 1. The fourth-order valence-corrected chi connectivity index (χ4v) is 4.71. The van der Waals surface area contributed by atoms with Crippen LogP contribution in [0.1, 0.15) is 12.5 Å². The molecule has 8 heteroatoms. The van der Waals surface area contributed by atoms with Gasteiger partial charge in [-0.2, -0.15) is 4.99 Å². The van der Waals surface area contributed by atoms with Crippen molar-refractivity contribution in [3.63, 3.8) is 0 Å². The molecule has 0 bridgehead atoms. The SMILES string of the molecule is CCOc1ccc(C=C2SC(N3CCN(c4cccc(Cl)c4)CC3)=NC2=O)cc1OC. The first-order valence-electron chi connectivity index (χ1n) is 10.2. The summed E-state index contributed by atoms with van der Waals surface area (Å²) >= 11 is 7.54. The van der Waals surface area contributed by atoms with Crippen LogP contribution in [0.5, 0.6) is 11.5 Å². The standard InChI is InChI=1S/C23H24ClN3O3S/c1-3-30-19-8-7-16(13-20(19)29-2)14-21-22(28)25-23(31-21)27-11-9-26(10-12-27)18-6-4-5-17(24)15-18/h4-8,13-15H,3,9-12H2,1-2H3. The van der Waals surface area contributed by atoms with Gasteiger partial charge in [0.05, 0.1) is 18.6 Å². The summed E-state index contributed by atoms with van der Waals surface area (Å²) in [5.74, 6) is 1.13. The van der Waals surface area contributed by atoms with Crippen molar-refractivity contribution >= 4 is 46.2 Å². The molecule has 0 aromatic heterocycles. The summed E-state index contributed by atoms with van der Waals surface area (Å²) in [6.45, 7) is 5.79. The van der Waals surface area contributed by atoms with Crippen molar-refractivity contribution in [2.45, 2.75) is 6.92 Å². The molecule has 0 aliphatic carbocycles. The van der Waals surface area contributed by atoms with Gasteiger partial charge in [-0.25, -0.2) is 0 Å². The Labute approximate surface area is 191 Å². The minimum Gasteiger partial charge on any atom is -0.493 e. The minimum absolute atomic E-state index is 0.204. The lowest BCUT2D eigenvalue weighted by Gasteiger charge is -2.36. The summed E-state index contributed by atoms with van der Waals surface area (Å²) in [5, 5.41) is 1.50. The zero-order chi connectivity index (χ0) is 21.8. The number of methoxy groups -OCH3 is 1. The molecule has 2 aromatic rings. The number of hydrogen-bond donors (Lipinski definition) is 0. The van der Waals surface area contributed by atoms with Crippen LogP contribution >= 0.6 is 23.4 Å². The Bertz CT molecular complexity index is 1030. The number of amidine groups is 1. The molecule has 0 N–H and O–H groups in total. The zero-order valence-corrected chi connectivity index (χ0v) is 19.1. The van der Waals surface area contributed by atoms with Gasteiger partial charge in [-0.1, -0.05) is 23.7 Å². The van der Waals surface area contributed by atoms with E-state index < -0.39 is 0 Å². The van der Waals surface area contributed by atoms with Crippen LogP contribution in [-0.4, -0.2) is 55.9 Å². The Hall–Kier alpha value is -2.64. The second-order valence-corrected chi connectivity index (χ2v) is 8.55. The molecule has 0 unspecified atom stereocenters. The highest BCUT2D eigenvalue weighted by molar-refractivity contribution is 8.18. The van der Waals surface area contributed by atoms with Gasteiger partial charge in [0.2, 0.25) is 0 Å². The summed E-state index contributed by atoms with van der Waals surface area (Å²) in [7, 11) is 1.61. The molecular weight excluding hydrogens is 434 g/mol. The zero-order valence-electron chi connectivity index (χ0n) is 17.5. The third-order valence-electron chi connectivity index (χ3n) is 5.12. The van der Waals surface area contributed by atoms with Crippen LogP contribution in [-0.2, 0) is 4.79 Å². The molecule has 2 aliphatic rings. The molecule has 1 amide bonds. The van der Waals surface area contributed by atoms with Crippen molar-refractivity contribution in [3.8, 4) is 11.5 Å². The maximum absolute atomic E-state index is 12.5. The summed E-state index contributed by atoms with van der Waals surface area (Å²) in [6.07, 6.45) is 1.85. The van der Waals surface area contributed by atoms with E-state index in [1.165, 1.54) is 11.8 Å². The summed E-state index contributed by atoms with van der Waals surface area (Å²) in [4.78, 5) is 21.9. The number of benzene rings is 2. The lowest BCUT2D eigenvalue weighted by molar-refractivity contribution is -0.113. The second kappa shape index (κ2) is 9.66. The molecule has 6 nitrogen and oxygen atoms in total. The van der Waals surface area contributed by atoms with Gasteiger partial charge >= 0.3 is 0 Å². The second-order valence-electron chi connectivity index (χ2n) is 7.11. The van der Waals surface area contributed by atoms with E-state index in [0.717, 1.165) is 47.6 Å². The largest absolute Gasteiger partial charge is 0.493 e. The Balaban J connectivity index is 1.41. The van der Waals surface area contributed by atoms with Crippen molar-refractivity contribution in [2.75, 3.05) is 44.8 Å². The van der Waals surface area contributed by atoms with E-state index in [0.29, 0.717) is 23.0 Å². The Kier molecular flexibility index (Phi) is 6.73. The molecule has 0 saturated carbocycles. The van der Waals surface area contributed by atoms with E-state index in [-0.39, 0.29) is 5.91 Å². The summed E-state index contributed by atoms with van der Waals surface area (Å²) in [6, 6.07) is 13.5. The van der Waals surface area contributed by atoms with Crippen LogP contribution in [0.25, 0.3) is 6.08 Å². The highest BCUT2D eigenvalue weighted by Gasteiger charge is 2.28. The molecule has 31 heavy (non-hydrogen) atoms. The molecule has 2 aromatic carbocycles. The molecule has 0 spiro atoms. The number of carbonyl (C=O) groups is 1. The van der Waals surface area contributed by atoms with Crippen molar-refractivity contribution in [2.24, 2.45) is 4.99 Å². The molecule has 2 aliphatic heterocycles. The van der Waals surface area contributed by atoms with E-state index in [1.54, 1.807) is 7.11 Å². The Morgan fingerprint density at radius 3 is 2.58 bits per heavy atom. The molecule has 4 rings (SSSR count). The Morgan fingerprint density at radius 2 is 1.87 bits per heavy atom. The smallest absolute Gasteiger partial charge is 0.286 e. The quantitative estimate of drug-likeness (QED) is 0.614. The molecule has 1 saturated heterocycles. The van der Waals surface area contributed by atoms with E-state index in [4.69, 9.17) is 21.1 Å². The van der Waals surface area contributed by atoms with E-state index >= 15 is 0 Å². The van der Waals surface area contributed by atoms with Crippen LogP contribution < -0.4 is 14.4 Å². The van der Waals surface area contributed by atoms with Gasteiger partial charge in [-0.3, -0.25) is 4.79 Å². The fraction of sp³-hybridized carbons (Fsp3) is 0.304. The number of anilines is 1. The highest BCUT2D eigenvalue weighted by atomic mass is 35.5. The third-order valence-corrected chi connectivity index (χ3v) is 6.40. The van der Waals surface area contributed by atoms with E-state index in [9.17, 15) is 4.79 Å². The van der Waals surface area contributed by atoms with Gasteiger partial charge < -0.3 is 19.3 Å². The van der Waals surface area contributed by atoms with Gasteiger partial charge in [-0.05, 0) is 60.7 Å². The highest BCUT2D eigenvalue weighted by Crippen LogP contribution is 2.34. The monoisotopic (exact) mass is 457 g/mol. The number of nitrogens with zero attached hydrogens (tertiary/aromatic N) is 3. The Morgan fingerprint density at radius 1 is 1.10 bits per heavy atom. The molecule has 2 heterocycles. The number of halogens is 1. The number of ether oxygens (including phenoxy) is 2. The first kappa shape index (κ1) is 21.6. The normalized spacial score (nSPS) is 17.8. The topological polar surface area (TPSA) is 54.4 Å². The van der Waals surface area contributed by atoms with Crippen LogP contribution in [0.4, 0.5) is 5.69 Å². The van der Waals surface area contributed by atoms with Gasteiger partial charge in [0.15, 0.2) is 16.7 Å². The average Bonchev–Trinajstić information content (AvgIpc) is 3.15. The number of rotatable bonds is 5. The minimum atomic E-state index is -0.204. The number of hydrogen-bond acceptors (Lipinski definition) is 6. The maximum atomic E-state index is 12.5. The molecule has 162 valence electrons. The first-order chi connectivity index (χ1) is 15.1. The maximum Gasteiger partial charge on any atom is 0.286 e. The van der Waals surface area contributed by atoms with Crippen molar-refractivity contribution in [1.82, 2.24) is 4.90 Å². The number of thioether (sulfide) groups is 1. The van der Waals surface area contributed by atoms with E-state index in [2.05, 4.69) is 20.9 Å². The van der Waals surface area contributed by atoms with Crippen LogP contribution in [0.3, 0.4) is 0 Å². The van der Waals surface area contributed by atoms with Gasteiger partial charge in [0.25, 0.3) is 5.91 Å². The molecule has 0 atom stereocenters. The van der Waals surface area contributed by atoms with E-state index in [1.807, 2.05) is 49.4 Å². The van der Waals surface area contributed by atoms with Crippen molar-refractivity contribution in [3.05, 3.63) is 58.0 Å². The van der Waals surface area contributed by atoms with Crippen molar-refractivity contribution in [1.29, 1.82) is 0 Å². The lowest BCUT2D eigenvalue weighted by Crippen LogP contribution is -2.47. The number of carbonyl (C=O) groups excluding carboxylic acids is 1. The van der Waals surface area contributed by atoms with Crippen LogP contribution in [0.15, 0.2) is 52.4 Å². The number of amides is 1.